The number of aliphatic hydroxyl groups is 1. The van der Waals surface area contributed by atoms with Gasteiger partial charge in [0.25, 0.3) is 0 Å². The minimum absolute atomic E-state index is 0.0169. The number of phenols is 1. The predicted octanol–water partition coefficient (Wildman–Crippen LogP) is 1.43. The highest BCUT2D eigenvalue weighted by Crippen LogP contribution is 2.26. The number of hydrogen-bond acceptors (Lipinski definition) is 3. The Balaban J connectivity index is 2.97. The minimum Gasteiger partial charge on any atom is -0.506 e. The summed E-state index contributed by atoms with van der Waals surface area (Å²) in [4.78, 5) is 0. The van der Waals surface area contributed by atoms with Gasteiger partial charge < -0.3 is 15.9 Å². The van der Waals surface area contributed by atoms with Crippen LogP contribution in [0.4, 0.5) is 0 Å². The molecule has 0 bridgehead atoms. The smallest absolute Gasteiger partial charge is 0.134 e. The van der Waals surface area contributed by atoms with Crippen LogP contribution in [0.25, 0.3) is 0 Å². The van der Waals surface area contributed by atoms with Gasteiger partial charge in [-0.3, -0.25) is 0 Å². The molecule has 3 nitrogen and oxygen atoms in total. The van der Waals surface area contributed by atoms with Crippen LogP contribution in [-0.2, 0) is 0 Å². The number of hydrogen-bond donors (Lipinski definition) is 3. The molecule has 0 heterocycles. The lowest BCUT2D eigenvalue weighted by atomic mass is 10.0. The molecule has 0 saturated heterocycles. The van der Waals surface area contributed by atoms with Crippen molar-refractivity contribution in [1.29, 1.82) is 0 Å². The molecule has 0 fully saturated rings. The van der Waals surface area contributed by atoms with Gasteiger partial charge in [-0.2, -0.15) is 0 Å². The highest BCUT2D eigenvalue weighted by atomic mass is 35.5. The Kier molecular flexibility index (Phi) is 3.14. The Morgan fingerprint density at radius 2 is 2.08 bits per heavy atom. The molecule has 0 spiro atoms. The number of aromatic hydroxyl groups is 1. The topological polar surface area (TPSA) is 66.5 Å². The van der Waals surface area contributed by atoms with E-state index in [1.54, 1.807) is 19.1 Å². The Morgan fingerprint density at radius 1 is 1.46 bits per heavy atom. The SMILES string of the molecule is CC(O)[C@@H](N)c1ccc(O)c(Cl)c1. The van der Waals surface area contributed by atoms with Crippen LogP contribution in [0.3, 0.4) is 0 Å². The fourth-order valence-electron chi connectivity index (χ4n) is 1.01. The maximum absolute atomic E-state index is 9.20. The van der Waals surface area contributed by atoms with Crippen LogP contribution in [-0.4, -0.2) is 16.3 Å². The molecule has 0 saturated carbocycles. The fraction of sp³-hybridized carbons (Fsp3) is 0.333. The molecule has 1 unspecified atom stereocenters. The van der Waals surface area contributed by atoms with Crippen molar-refractivity contribution >= 4 is 11.6 Å². The molecule has 4 heteroatoms. The Bertz CT molecular complexity index is 302. The first-order valence-corrected chi connectivity index (χ1v) is 4.32. The van der Waals surface area contributed by atoms with Crippen molar-refractivity contribution in [2.75, 3.05) is 0 Å². The molecule has 0 radical (unpaired) electrons. The molecule has 0 aromatic heterocycles. The summed E-state index contributed by atoms with van der Waals surface area (Å²) in [5.41, 5.74) is 6.37. The lowest BCUT2D eigenvalue weighted by Crippen LogP contribution is -2.22. The van der Waals surface area contributed by atoms with Gasteiger partial charge in [0.05, 0.1) is 17.2 Å². The summed E-state index contributed by atoms with van der Waals surface area (Å²) in [6.45, 7) is 1.60. The number of phenolic OH excluding ortho intramolecular Hbond substituents is 1. The van der Waals surface area contributed by atoms with E-state index >= 15 is 0 Å². The van der Waals surface area contributed by atoms with Gasteiger partial charge in [-0.1, -0.05) is 17.7 Å². The van der Waals surface area contributed by atoms with Gasteiger partial charge in [0, 0.05) is 0 Å². The standard InChI is InChI=1S/C9H12ClNO2/c1-5(12)9(11)6-2-3-8(13)7(10)4-6/h2-5,9,12-13H,11H2,1H3/t5?,9-/m1/s1. The molecule has 4 N–H and O–H groups in total. The zero-order valence-electron chi connectivity index (χ0n) is 7.24. The summed E-state index contributed by atoms with van der Waals surface area (Å²) in [7, 11) is 0. The summed E-state index contributed by atoms with van der Waals surface area (Å²) in [5.74, 6) is 0.0169. The average molecular weight is 202 g/mol. The maximum atomic E-state index is 9.20. The van der Waals surface area contributed by atoms with E-state index < -0.39 is 12.1 Å². The van der Waals surface area contributed by atoms with Crippen molar-refractivity contribution in [3.05, 3.63) is 28.8 Å². The minimum atomic E-state index is -0.638. The predicted molar refractivity (Wildman–Crippen MR) is 51.7 cm³/mol. The van der Waals surface area contributed by atoms with E-state index in [1.807, 2.05) is 0 Å². The van der Waals surface area contributed by atoms with Crippen LogP contribution in [0.15, 0.2) is 18.2 Å². The van der Waals surface area contributed by atoms with Gasteiger partial charge in [0.2, 0.25) is 0 Å². The first kappa shape index (κ1) is 10.3. The molecule has 2 atom stereocenters. The second-order valence-corrected chi connectivity index (χ2v) is 3.38. The lowest BCUT2D eigenvalue weighted by Gasteiger charge is -2.15. The summed E-state index contributed by atoms with van der Waals surface area (Å²) in [6.07, 6.45) is -0.638. The highest BCUT2D eigenvalue weighted by molar-refractivity contribution is 6.32. The van der Waals surface area contributed by atoms with Gasteiger partial charge in [0.1, 0.15) is 5.75 Å². The van der Waals surface area contributed by atoms with Gasteiger partial charge in [-0.25, -0.2) is 0 Å². The second kappa shape index (κ2) is 3.96. The third kappa shape index (κ3) is 2.34. The van der Waals surface area contributed by atoms with E-state index in [-0.39, 0.29) is 10.8 Å². The zero-order valence-corrected chi connectivity index (χ0v) is 7.99. The highest BCUT2D eigenvalue weighted by Gasteiger charge is 2.12. The zero-order chi connectivity index (χ0) is 10.0. The van der Waals surface area contributed by atoms with E-state index in [9.17, 15) is 5.11 Å². The first-order valence-electron chi connectivity index (χ1n) is 3.94. The fourth-order valence-corrected chi connectivity index (χ4v) is 1.20. The van der Waals surface area contributed by atoms with Gasteiger partial charge in [-0.15, -0.1) is 0 Å². The summed E-state index contributed by atoms with van der Waals surface area (Å²) in [6, 6.07) is 4.17. The van der Waals surface area contributed by atoms with Crippen LogP contribution in [0.5, 0.6) is 5.75 Å². The molecular formula is C9H12ClNO2. The molecule has 0 amide bonds. The van der Waals surface area contributed by atoms with Crippen LogP contribution < -0.4 is 5.73 Å². The molecular weight excluding hydrogens is 190 g/mol. The largest absolute Gasteiger partial charge is 0.506 e. The van der Waals surface area contributed by atoms with Gasteiger partial charge in [0.15, 0.2) is 0 Å². The second-order valence-electron chi connectivity index (χ2n) is 2.98. The van der Waals surface area contributed by atoms with Crippen LogP contribution in [0.1, 0.15) is 18.5 Å². The van der Waals surface area contributed by atoms with E-state index in [0.29, 0.717) is 5.56 Å². The summed E-state index contributed by atoms with van der Waals surface area (Å²) >= 11 is 5.68. The number of nitrogens with two attached hydrogens (primary N) is 1. The molecule has 13 heavy (non-hydrogen) atoms. The Labute approximate surface area is 81.8 Å². The van der Waals surface area contributed by atoms with Crippen molar-refractivity contribution in [1.82, 2.24) is 0 Å². The molecule has 1 aromatic rings. The molecule has 1 rings (SSSR count). The number of aliphatic hydroxyl groups excluding tert-OH is 1. The maximum Gasteiger partial charge on any atom is 0.134 e. The first-order chi connectivity index (χ1) is 6.02. The summed E-state index contributed by atoms with van der Waals surface area (Å²) in [5, 5.41) is 18.6. The third-order valence-electron chi connectivity index (χ3n) is 1.88. The van der Waals surface area contributed by atoms with Crippen LogP contribution >= 0.6 is 11.6 Å². The summed E-state index contributed by atoms with van der Waals surface area (Å²) < 4.78 is 0. The van der Waals surface area contributed by atoms with E-state index in [4.69, 9.17) is 22.4 Å². The molecule has 0 aliphatic heterocycles. The third-order valence-corrected chi connectivity index (χ3v) is 2.18. The number of halogens is 1. The van der Waals surface area contributed by atoms with Crippen molar-refractivity contribution in [2.45, 2.75) is 19.1 Å². The van der Waals surface area contributed by atoms with Crippen molar-refractivity contribution in [3.63, 3.8) is 0 Å². The van der Waals surface area contributed by atoms with Gasteiger partial charge >= 0.3 is 0 Å². The number of benzene rings is 1. The van der Waals surface area contributed by atoms with E-state index in [0.717, 1.165) is 0 Å². The Hall–Kier alpha value is -0.770. The van der Waals surface area contributed by atoms with Crippen LogP contribution in [0.2, 0.25) is 5.02 Å². The van der Waals surface area contributed by atoms with E-state index in [1.165, 1.54) is 6.07 Å². The van der Waals surface area contributed by atoms with Crippen molar-refractivity contribution < 1.29 is 10.2 Å². The molecule has 72 valence electrons. The quantitative estimate of drug-likeness (QED) is 0.678. The van der Waals surface area contributed by atoms with E-state index in [2.05, 4.69) is 0 Å². The monoisotopic (exact) mass is 201 g/mol. The molecule has 0 aliphatic carbocycles. The molecule has 0 aliphatic rings. The van der Waals surface area contributed by atoms with Gasteiger partial charge in [-0.05, 0) is 24.6 Å². The van der Waals surface area contributed by atoms with Crippen molar-refractivity contribution in [2.24, 2.45) is 5.73 Å². The number of rotatable bonds is 2. The lowest BCUT2D eigenvalue weighted by molar-refractivity contribution is 0.164. The normalized spacial score (nSPS) is 15.4. The molecule has 1 aromatic carbocycles. The van der Waals surface area contributed by atoms with Crippen LogP contribution in [0, 0.1) is 0 Å². The average Bonchev–Trinajstić information content (AvgIpc) is 2.08. The van der Waals surface area contributed by atoms with Crippen molar-refractivity contribution in [3.8, 4) is 5.75 Å². The Morgan fingerprint density at radius 3 is 2.54 bits per heavy atom.